The lowest BCUT2D eigenvalue weighted by Gasteiger charge is -2.08. The van der Waals surface area contributed by atoms with Crippen molar-refractivity contribution in [3.05, 3.63) is 74.5 Å². The van der Waals surface area contributed by atoms with Gasteiger partial charge >= 0.3 is 5.69 Å². The second-order valence-corrected chi connectivity index (χ2v) is 5.71. The lowest BCUT2D eigenvalue weighted by molar-refractivity contribution is -0.673. The van der Waals surface area contributed by atoms with E-state index < -0.39 is 15.5 Å². The molecule has 8 nitrogen and oxygen atoms in total. The van der Waals surface area contributed by atoms with Gasteiger partial charge in [0.2, 0.25) is 11.3 Å². The van der Waals surface area contributed by atoms with Crippen molar-refractivity contribution in [2.45, 2.75) is 20.4 Å². The van der Waals surface area contributed by atoms with Gasteiger partial charge in [-0.2, -0.15) is 4.57 Å². The fourth-order valence-corrected chi connectivity index (χ4v) is 2.85. The summed E-state index contributed by atoms with van der Waals surface area (Å²) in [7, 11) is 0. The molecular formula is C18H16IN3O5. The highest BCUT2D eigenvalue weighted by Gasteiger charge is 2.22. The number of ether oxygens (including phenoxy) is 1. The van der Waals surface area contributed by atoms with Crippen LogP contribution in [-0.2, 0) is 6.54 Å². The highest BCUT2D eigenvalue weighted by Crippen LogP contribution is 2.35. The standard InChI is InChI=1S/C18H16N3O5.HI/c1-3-19-12(2)4-5-13-6-8-15(11-16(13)19)26-18-9-7-14(20(22)23)10-17(18)21(24)25;/h4-11H,3H2,1-2H3;1H/q+1;/p-1. The molecule has 140 valence electrons. The van der Waals surface area contributed by atoms with Crippen LogP contribution in [0, 0.1) is 27.2 Å². The number of nitro groups is 2. The number of aromatic nitrogens is 1. The van der Waals surface area contributed by atoms with E-state index in [-0.39, 0.29) is 35.4 Å². The van der Waals surface area contributed by atoms with E-state index in [0.717, 1.165) is 29.2 Å². The van der Waals surface area contributed by atoms with E-state index in [0.29, 0.717) is 5.75 Å². The number of fused-ring (bicyclic) bond motifs is 1. The largest absolute Gasteiger partial charge is 1.00 e. The normalized spacial score (nSPS) is 10.3. The predicted octanol–water partition coefficient (Wildman–Crippen LogP) is 1.07. The van der Waals surface area contributed by atoms with Gasteiger partial charge < -0.3 is 28.7 Å². The van der Waals surface area contributed by atoms with Crippen molar-refractivity contribution in [3.8, 4) is 11.5 Å². The summed E-state index contributed by atoms with van der Waals surface area (Å²) in [4.78, 5) is 20.7. The van der Waals surface area contributed by atoms with Crippen LogP contribution in [0.2, 0.25) is 0 Å². The zero-order valence-electron chi connectivity index (χ0n) is 14.6. The Morgan fingerprint density at radius 2 is 1.70 bits per heavy atom. The first-order chi connectivity index (χ1) is 12.4. The van der Waals surface area contributed by atoms with Crippen molar-refractivity contribution < 1.29 is 43.1 Å². The van der Waals surface area contributed by atoms with E-state index in [9.17, 15) is 20.2 Å². The molecule has 0 bridgehead atoms. The third-order valence-electron chi connectivity index (χ3n) is 4.12. The van der Waals surface area contributed by atoms with Crippen molar-refractivity contribution >= 4 is 22.3 Å². The first-order valence-electron chi connectivity index (χ1n) is 7.94. The number of nitro benzene ring substituents is 2. The third kappa shape index (κ3) is 4.13. The molecule has 1 heterocycles. The van der Waals surface area contributed by atoms with Crippen LogP contribution in [0.5, 0.6) is 11.5 Å². The Bertz CT molecular complexity index is 1040. The van der Waals surface area contributed by atoms with E-state index in [2.05, 4.69) is 4.57 Å². The third-order valence-corrected chi connectivity index (χ3v) is 4.12. The number of nitrogens with zero attached hydrogens (tertiary/aromatic N) is 3. The van der Waals surface area contributed by atoms with Crippen LogP contribution in [-0.4, -0.2) is 9.85 Å². The summed E-state index contributed by atoms with van der Waals surface area (Å²) < 4.78 is 7.78. The minimum atomic E-state index is -0.695. The molecule has 3 rings (SSSR count). The topological polar surface area (TPSA) is 99.4 Å². The SMILES string of the molecule is CC[n+]1c(C)ccc2ccc(Oc3ccc([N+](=O)[O-])cc3[N+](=O)[O-])cc21.[I-]. The molecule has 3 aromatic rings. The van der Waals surface area contributed by atoms with E-state index in [1.165, 1.54) is 12.1 Å². The van der Waals surface area contributed by atoms with E-state index in [1.807, 2.05) is 32.0 Å². The maximum atomic E-state index is 11.2. The van der Waals surface area contributed by atoms with Gasteiger partial charge in [0.05, 0.1) is 22.0 Å². The van der Waals surface area contributed by atoms with Gasteiger partial charge in [-0.05, 0) is 31.2 Å². The van der Waals surface area contributed by atoms with E-state index >= 15 is 0 Å². The minimum absolute atomic E-state index is 0. The van der Waals surface area contributed by atoms with Crippen LogP contribution in [0.3, 0.4) is 0 Å². The summed E-state index contributed by atoms with van der Waals surface area (Å²) >= 11 is 0. The average molecular weight is 481 g/mol. The molecule has 1 aromatic heterocycles. The summed E-state index contributed by atoms with van der Waals surface area (Å²) in [5.74, 6) is 0.373. The molecule has 0 fully saturated rings. The number of hydrogen-bond acceptors (Lipinski definition) is 5. The molecule has 0 radical (unpaired) electrons. The van der Waals surface area contributed by atoms with Crippen LogP contribution in [0.15, 0.2) is 48.5 Å². The van der Waals surface area contributed by atoms with Gasteiger partial charge in [-0.15, -0.1) is 0 Å². The van der Waals surface area contributed by atoms with Crippen LogP contribution in [0.4, 0.5) is 11.4 Å². The van der Waals surface area contributed by atoms with Crippen LogP contribution in [0.25, 0.3) is 10.9 Å². The lowest BCUT2D eigenvalue weighted by atomic mass is 10.2. The minimum Gasteiger partial charge on any atom is -1.00 e. The molecular weight excluding hydrogens is 465 g/mol. The molecule has 0 N–H and O–H groups in total. The summed E-state index contributed by atoms with van der Waals surface area (Å²) in [5, 5.41) is 23.1. The average Bonchev–Trinajstić information content (AvgIpc) is 2.61. The molecule has 0 amide bonds. The number of rotatable bonds is 5. The molecule has 0 spiro atoms. The molecule has 0 saturated carbocycles. The van der Waals surface area contributed by atoms with Crippen LogP contribution >= 0.6 is 0 Å². The fourth-order valence-electron chi connectivity index (χ4n) is 2.85. The zero-order valence-corrected chi connectivity index (χ0v) is 16.7. The highest BCUT2D eigenvalue weighted by atomic mass is 127. The second-order valence-electron chi connectivity index (χ2n) is 5.71. The molecule has 0 atom stereocenters. The molecule has 9 heteroatoms. The summed E-state index contributed by atoms with van der Waals surface area (Å²) in [5.41, 5.74) is 1.21. The highest BCUT2D eigenvalue weighted by molar-refractivity contribution is 5.77. The maximum Gasteiger partial charge on any atom is 0.318 e. The number of pyridine rings is 1. The molecule has 0 saturated heterocycles. The van der Waals surface area contributed by atoms with Gasteiger partial charge in [0.1, 0.15) is 12.3 Å². The number of halogens is 1. The van der Waals surface area contributed by atoms with E-state index in [1.54, 1.807) is 12.1 Å². The van der Waals surface area contributed by atoms with Crippen molar-refractivity contribution in [1.82, 2.24) is 0 Å². The zero-order chi connectivity index (χ0) is 18.8. The first-order valence-corrected chi connectivity index (χ1v) is 7.94. The molecule has 0 aliphatic carbocycles. The molecule has 0 unspecified atom stereocenters. The number of hydrogen-bond donors (Lipinski definition) is 0. The predicted molar refractivity (Wildman–Crippen MR) is 94.4 cm³/mol. The Hall–Kier alpha value is -2.82. The van der Waals surface area contributed by atoms with Gasteiger partial charge in [0, 0.05) is 24.4 Å². The summed E-state index contributed by atoms with van der Waals surface area (Å²) in [6.45, 7) is 4.79. The molecule has 27 heavy (non-hydrogen) atoms. The molecule has 2 aromatic carbocycles. The number of aryl methyl sites for hydroxylation is 2. The van der Waals surface area contributed by atoms with Crippen LogP contribution in [0.1, 0.15) is 12.6 Å². The van der Waals surface area contributed by atoms with Crippen molar-refractivity contribution in [1.29, 1.82) is 0 Å². The first kappa shape index (κ1) is 20.5. The van der Waals surface area contributed by atoms with Gasteiger partial charge in [0.15, 0.2) is 5.69 Å². The van der Waals surface area contributed by atoms with Crippen molar-refractivity contribution in [2.75, 3.05) is 0 Å². The summed E-state index contributed by atoms with van der Waals surface area (Å²) in [6.07, 6.45) is 0. The Morgan fingerprint density at radius 1 is 1.00 bits per heavy atom. The fraction of sp³-hybridized carbons (Fsp3) is 0.167. The smallest absolute Gasteiger partial charge is 0.318 e. The van der Waals surface area contributed by atoms with Gasteiger partial charge in [0.25, 0.3) is 5.69 Å². The monoisotopic (exact) mass is 481 g/mol. The molecule has 0 aliphatic rings. The Morgan fingerprint density at radius 3 is 2.33 bits per heavy atom. The van der Waals surface area contributed by atoms with Crippen molar-refractivity contribution in [3.63, 3.8) is 0 Å². The Balaban J connectivity index is 0.00000261. The lowest BCUT2D eigenvalue weighted by Crippen LogP contribution is -3.00. The molecule has 0 aliphatic heterocycles. The Kier molecular flexibility index (Phi) is 6.26. The van der Waals surface area contributed by atoms with Gasteiger partial charge in [-0.1, -0.05) is 0 Å². The van der Waals surface area contributed by atoms with Gasteiger partial charge in [-0.25, -0.2) is 0 Å². The quantitative estimate of drug-likeness (QED) is 0.235. The van der Waals surface area contributed by atoms with Crippen molar-refractivity contribution in [2.24, 2.45) is 0 Å². The number of benzene rings is 2. The van der Waals surface area contributed by atoms with Crippen LogP contribution < -0.4 is 33.3 Å². The number of non-ortho nitro benzene ring substituents is 1. The van der Waals surface area contributed by atoms with E-state index in [4.69, 9.17) is 4.74 Å². The summed E-state index contributed by atoms with van der Waals surface area (Å²) in [6, 6.07) is 12.7. The Labute approximate surface area is 171 Å². The maximum absolute atomic E-state index is 11.2. The second kappa shape index (κ2) is 8.25. The van der Waals surface area contributed by atoms with Gasteiger partial charge in [-0.3, -0.25) is 20.2 Å².